The molecule has 0 radical (unpaired) electrons. The number of nitrogens with zero attached hydrogens (tertiary/aromatic N) is 3. The molecule has 1 atom stereocenters. The average molecular weight is 515 g/mol. The predicted octanol–water partition coefficient (Wildman–Crippen LogP) is 7.65. The minimum absolute atomic E-state index is 0.210. The van der Waals surface area contributed by atoms with Crippen molar-refractivity contribution in [3.05, 3.63) is 144 Å². The molecule has 3 aliphatic heterocycles. The van der Waals surface area contributed by atoms with E-state index in [-0.39, 0.29) is 12.8 Å². The summed E-state index contributed by atoms with van der Waals surface area (Å²) >= 11 is 0. The van der Waals surface area contributed by atoms with Gasteiger partial charge in [-0.1, -0.05) is 66.8 Å². The van der Waals surface area contributed by atoms with E-state index in [2.05, 4.69) is 156 Å². The average Bonchev–Trinajstić information content (AvgIpc) is 3.01. The fourth-order valence-electron chi connectivity index (χ4n) is 7.36. The van der Waals surface area contributed by atoms with Gasteiger partial charge in [-0.05, 0) is 97.3 Å². The van der Waals surface area contributed by atoms with Crippen LogP contribution < -0.4 is 25.6 Å². The summed E-state index contributed by atoms with van der Waals surface area (Å²) in [6, 6.07) is 35.7. The quantitative estimate of drug-likeness (QED) is 0.204. The fraction of sp³-hybridized carbons (Fsp3) is 0.111. The van der Waals surface area contributed by atoms with Gasteiger partial charge in [-0.3, -0.25) is 0 Å². The lowest BCUT2D eigenvalue weighted by Gasteiger charge is -2.53. The maximum absolute atomic E-state index is 2.60. The zero-order valence-corrected chi connectivity index (χ0v) is 22.8. The first-order chi connectivity index (χ1) is 19.8. The van der Waals surface area contributed by atoms with E-state index >= 15 is 0 Å². The first-order valence-electron chi connectivity index (χ1n) is 14.3. The highest BCUT2D eigenvalue weighted by Crippen LogP contribution is 2.50. The number of benzene rings is 4. The second kappa shape index (κ2) is 8.92. The maximum Gasteiger partial charge on any atom is 0.252 e. The lowest BCUT2D eigenvalue weighted by Crippen LogP contribution is -2.64. The second-order valence-corrected chi connectivity index (χ2v) is 10.8. The molecule has 0 saturated heterocycles. The van der Waals surface area contributed by atoms with Crippen LogP contribution in [0, 0.1) is 0 Å². The van der Waals surface area contributed by atoms with Gasteiger partial charge in [0, 0.05) is 45.5 Å². The lowest BCUT2D eigenvalue weighted by molar-refractivity contribution is 0.731. The second-order valence-electron chi connectivity index (χ2n) is 10.8. The summed E-state index contributed by atoms with van der Waals surface area (Å²) in [5.41, 5.74) is 14.4. The van der Waals surface area contributed by atoms with Crippen molar-refractivity contribution in [3.63, 3.8) is 0 Å². The molecule has 0 bridgehead atoms. The fourth-order valence-corrected chi connectivity index (χ4v) is 7.36. The Hall–Kier alpha value is -4.70. The van der Waals surface area contributed by atoms with E-state index in [4.69, 9.17) is 0 Å². The minimum atomic E-state index is 0.210. The Bertz CT molecular complexity index is 1770. The van der Waals surface area contributed by atoms with Crippen molar-refractivity contribution in [1.82, 2.24) is 0 Å². The molecule has 40 heavy (non-hydrogen) atoms. The molecule has 4 heteroatoms. The van der Waals surface area contributed by atoms with Crippen molar-refractivity contribution >= 4 is 51.8 Å². The van der Waals surface area contributed by atoms with Crippen LogP contribution in [0.15, 0.2) is 144 Å². The van der Waals surface area contributed by atoms with Crippen molar-refractivity contribution in [1.29, 1.82) is 0 Å². The van der Waals surface area contributed by atoms with E-state index in [9.17, 15) is 0 Å². The smallest absolute Gasteiger partial charge is 0.252 e. The third-order valence-electron chi connectivity index (χ3n) is 8.77. The first-order valence-corrected chi connectivity index (χ1v) is 14.3. The molecule has 4 aromatic carbocycles. The van der Waals surface area contributed by atoms with Crippen LogP contribution in [0.25, 0.3) is 0 Å². The van der Waals surface area contributed by atoms with E-state index in [0.29, 0.717) is 0 Å². The molecule has 3 heterocycles. The van der Waals surface area contributed by atoms with E-state index < -0.39 is 0 Å². The van der Waals surface area contributed by atoms with Crippen LogP contribution >= 0.6 is 0 Å². The van der Waals surface area contributed by atoms with Gasteiger partial charge in [0.1, 0.15) is 0 Å². The summed E-state index contributed by atoms with van der Waals surface area (Å²) in [7, 11) is 0. The summed E-state index contributed by atoms with van der Waals surface area (Å²) in [5, 5.41) is 0. The van der Waals surface area contributed by atoms with E-state index in [1.54, 1.807) is 0 Å². The van der Waals surface area contributed by atoms with Gasteiger partial charge in [0.2, 0.25) is 0 Å². The number of anilines is 6. The number of hydrogen-bond acceptors (Lipinski definition) is 3. The zero-order chi connectivity index (χ0) is 26.8. The number of para-hydroxylation sites is 2. The molecule has 0 saturated carbocycles. The van der Waals surface area contributed by atoms with Gasteiger partial charge in [0.15, 0.2) is 0 Å². The summed E-state index contributed by atoms with van der Waals surface area (Å²) in [5.74, 6) is 0. The molecular formula is C36H30BN3. The molecule has 1 aliphatic carbocycles. The molecule has 8 rings (SSSR count). The Labute approximate surface area is 236 Å². The van der Waals surface area contributed by atoms with Crippen LogP contribution in [-0.4, -0.2) is 12.8 Å². The molecule has 1 unspecified atom stereocenters. The maximum atomic E-state index is 2.60. The van der Waals surface area contributed by atoms with Gasteiger partial charge >= 0.3 is 0 Å². The summed E-state index contributed by atoms with van der Waals surface area (Å²) < 4.78 is 0. The molecule has 192 valence electrons. The Morgan fingerprint density at radius 3 is 1.90 bits per heavy atom. The number of allylic oxidation sites excluding steroid dienone is 4. The van der Waals surface area contributed by atoms with Crippen molar-refractivity contribution in [3.8, 4) is 0 Å². The van der Waals surface area contributed by atoms with Gasteiger partial charge in [-0.2, -0.15) is 0 Å². The van der Waals surface area contributed by atoms with Crippen molar-refractivity contribution in [2.24, 2.45) is 0 Å². The normalized spacial score (nSPS) is 18.6. The SMILES string of the molecule is C/C=C\C(=C/C)N1c2cccc3c2B2C4=C(C=CCC41)N(c1ccccc1)c1cccc(c12)N3c1ccccc1. The standard InChI is InChI=1S/C36H30BN3/c1-3-14-25(4-2)38-28-19-11-21-30-34(28)37-35-29(38)20-12-22-31(35)40(27-17-9-6-10-18-27)33-24-13-23-32(36(33)37)39(30)26-15-7-5-8-16-26/h3-19,21-24,29H,20H2,1-2H3/b14-3-,25-4+. The molecule has 0 aromatic heterocycles. The summed E-state index contributed by atoms with van der Waals surface area (Å²) in [4.78, 5) is 7.57. The van der Waals surface area contributed by atoms with Crippen molar-refractivity contribution in [2.75, 3.05) is 14.7 Å². The number of rotatable bonds is 4. The van der Waals surface area contributed by atoms with E-state index in [1.807, 2.05) is 0 Å². The Balaban J connectivity index is 1.52. The molecule has 4 aliphatic rings. The van der Waals surface area contributed by atoms with Crippen molar-refractivity contribution < 1.29 is 0 Å². The minimum Gasteiger partial charge on any atom is -0.335 e. The van der Waals surface area contributed by atoms with E-state index in [1.165, 1.54) is 61.9 Å². The molecule has 0 spiro atoms. The van der Waals surface area contributed by atoms with Gasteiger partial charge in [-0.25, -0.2) is 0 Å². The molecule has 4 aromatic rings. The highest BCUT2D eigenvalue weighted by Gasteiger charge is 2.52. The number of hydrogen-bond donors (Lipinski definition) is 0. The Morgan fingerprint density at radius 1 is 0.700 bits per heavy atom. The van der Waals surface area contributed by atoms with Crippen LogP contribution in [-0.2, 0) is 0 Å². The molecule has 3 nitrogen and oxygen atoms in total. The predicted molar refractivity (Wildman–Crippen MR) is 170 cm³/mol. The highest BCUT2D eigenvalue weighted by atomic mass is 15.2. The van der Waals surface area contributed by atoms with Gasteiger partial charge in [0.05, 0.1) is 6.04 Å². The summed E-state index contributed by atoms with van der Waals surface area (Å²) in [6.07, 6.45) is 12.4. The monoisotopic (exact) mass is 515 g/mol. The highest BCUT2D eigenvalue weighted by molar-refractivity contribution is 6.96. The van der Waals surface area contributed by atoms with Gasteiger partial charge in [0.25, 0.3) is 6.71 Å². The largest absolute Gasteiger partial charge is 0.335 e. The Kier molecular flexibility index (Phi) is 5.18. The Morgan fingerprint density at radius 2 is 1.27 bits per heavy atom. The topological polar surface area (TPSA) is 9.72 Å². The van der Waals surface area contributed by atoms with E-state index in [0.717, 1.165) is 6.42 Å². The van der Waals surface area contributed by atoms with Crippen LogP contribution in [0.3, 0.4) is 0 Å². The third-order valence-corrected chi connectivity index (χ3v) is 8.77. The molecule has 0 N–H and O–H groups in total. The lowest BCUT2D eigenvalue weighted by atomic mass is 9.30. The van der Waals surface area contributed by atoms with Gasteiger partial charge in [-0.15, -0.1) is 0 Å². The van der Waals surface area contributed by atoms with Crippen molar-refractivity contribution in [2.45, 2.75) is 26.3 Å². The molecule has 0 fully saturated rings. The molecule has 0 amide bonds. The first kappa shape index (κ1) is 23.2. The van der Waals surface area contributed by atoms with Gasteiger partial charge < -0.3 is 14.7 Å². The van der Waals surface area contributed by atoms with Crippen LogP contribution in [0.1, 0.15) is 20.3 Å². The molecular weight excluding hydrogens is 485 g/mol. The van der Waals surface area contributed by atoms with Crippen LogP contribution in [0.5, 0.6) is 0 Å². The zero-order valence-electron chi connectivity index (χ0n) is 22.8. The third kappa shape index (κ3) is 3.08. The summed E-state index contributed by atoms with van der Waals surface area (Å²) in [6.45, 7) is 4.48. The van der Waals surface area contributed by atoms with Crippen LogP contribution in [0.2, 0.25) is 0 Å². The van der Waals surface area contributed by atoms with Crippen LogP contribution in [0.4, 0.5) is 34.1 Å².